The lowest BCUT2D eigenvalue weighted by Gasteiger charge is -2.36. The summed E-state index contributed by atoms with van der Waals surface area (Å²) in [6.07, 6.45) is 2.51. The summed E-state index contributed by atoms with van der Waals surface area (Å²) in [4.78, 5) is 28.1. The number of hydrogen-bond acceptors (Lipinski definition) is 4. The SMILES string of the molecule is CCC(CC)CNC(=O)CC1COc2ccc(C(=O)N(C)C)cc2N1C. The van der Waals surface area contributed by atoms with Gasteiger partial charge in [-0.1, -0.05) is 26.7 Å². The molecule has 0 fully saturated rings. The van der Waals surface area contributed by atoms with Crippen molar-refractivity contribution in [3.8, 4) is 5.75 Å². The van der Waals surface area contributed by atoms with E-state index < -0.39 is 0 Å². The van der Waals surface area contributed by atoms with Crippen LogP contribution in [0.25, 0.3) is 0 Å². The molecule has 0 bridgehead atoms. The molecule has 0 aliphatic carbocycles. The molecule has 26 heavy (non-hydrogen) atoms. The minimum absolute atomic E-state index is 0.0429. The molecule has 0 aromatic heterocycles. The fourth-order valence-corrected chi connectivity index (χ4v) is 3.12. The largest absolute Gasteiger partial charge is 0.489 e. The lowest BCUT2D eigenvalue weighted by atomic mass is 10.0. The van der Waals surface area contributed by atoms with Gasteiger partial charge in [0.1, 0.15) is 12.4 Å². The maximum Gasteiger partial charge on any atom is 0.253 e. The number of ether oxygens (including phenoxy) is 1. The molecular weight excluding hydrogens is 330 g/mol. The quantitative estimate of drug-likeness (QED) is 0.811. The summed E-state index contributed by atoms with van der Waals surface area (Å²) < 4.78 is 5.82. The third-order valence-corrected chi connectivity index (χ3v) is 5.13. The minimum Gasteiger partial charge on any atom is -0.489 e. The fourth-order valence-electron chi connectivity index (χ4n) is 3.12. The number of fused-ring (bicyclic) bond motifs is 1. The van der Waals surface area contributed by atoms with Gasteiger partial charge in [0.15, 0.2) is 0 Å². The zero-order valence-electron chi connectivity index (χ0n) is 16.5. The Bertz CT molecular complexity index is 641. The molecule has 2 amide bonds. The number of carbonyl (C=O) groups excluding carboxylic acids is 2. The van der Waals surface area contributed by atoms with E-state index in [9.17, 15) is 9.59 Å². The minimum atomic E-state index is -0.0498. The van der Waals surface area contributed by atoms with Crippen LogP contribution in [0.15, 0.2) is 18.2 Å². The molecule has 2 rings (SSSR count). The molecule has 1 N–H and O–H groups in total. The number of nitrogens with zero attached hydrogens (tertiary/aromatic N) is 2. The van der Waals surface area contributed by atoms with Gasteiger partial charge in [0.2, 0.25) is 5.91 Å². The third kappa shape index (κ3) is 4.68. The first-order chi connectivity index (χ1) is 12.4. The van der Waals surface area contributed by atoms with Crippen LogP contribution in [0.3, 0.4) is 0 Å². The van der Waals surface area contributed by atoms with Crippen LogP contribution in [-0.2, 0) is 4.79 Å². The summed E-state index contributed by atoms with van der Waals surface area (Å²) in [7, 11) is 5.41. The highest BCUT2D eigenvalue weighted by Crippen LogP contribution is 2.34. The zero-order valence-corrected chi connectivity index (χ0v) is 16.5. The molecule has 0 spiro atoms. The van der Waals surface area contributed by atoms with Crippen LogP contribution in [0.5, 0.6) is 5.75 Å². The number of carbonyl (C=O) groups is 2. The summed E-state index contributed by atoms with van der Waals surface area (Å²) in [5, 5.41) is 3.04. The van der Waals surface area contributed by atoms with Gasteiger partial charge in [-0.25, -0.2) is 0 Å². The third-order valence-electron chi connectivity index (χ3n) is 5.13. The van der Waals surface area contributed by atoms with Gasteiger partial charge in [-0.05, 0) is 24.1 Å². The van der Waals surface area contributed by atoms with Gasteiger partial charge in [0, 0.05) is 33.3 Å². The van der Waals surface area contributed by atoms with Crippen molar-refractivity contribution in [2.24, 2.45) is 5.92 Å². The van der Waals surface area contributed by atoms with E-state index in [0.29, 0.717) is 24.5 Å². The second kappa shape index (κ2) is 8.92. The van der Waals surface area contributed by atoms with Gasteiger partial charge < -0.3 is 19.9 Å². The molecule has 1 aromatic rings. The van der Waals surface area contributed by atoms with Gasteiger partial charge in [0.05, 0.1) is 18.2 Å². The van der Waals surface area contributed by atoms with Crippen molar-refractivity contribution in [3.05, 3.63) is 23.8 Å². The van der Waals surface area contributed by atoms with Gasteiger partial charge in [-0.3, -0.25) is 9.59 Å². The Labute approximate surface area is 156 Å². The number of amides is 2. The van der Waals surface area contributed by atoms with E-state index in [0.717, 1.165) is 30.8 Å². The molecule has 1 heterocycles. The lowest BCUT2D eigenvalue weighted by Crippen LogP contribution is -2.44. The van der Waals surface area contributed by atoms with Crippen LogP contribution in [0.2, 0.25) is 0 Å². The zero-order chi connectivity index (χ0) is 19.3. The van der Waals surface area contributed by atoms with E-state index >= 15 is 0 Å². The smallest absolute Gasteiger partial charge is 0.253 e. The number of nitrogens with one attached hydrogen (secondary N) is 1. The van der Waals surface area contributed by atoms with Crippen LogP contribution >= 0.6 is 0 Å². The molecule has 1 unspecified atom stereocenters. The van der Waals surface area contributed by atoms with E-state index in [2.05, 4.69) is 19.2 Å². The summed E-state index contributed by atoms with van der Waals surface area (Å²) in [5.74, 6) is 1.27. The summed E-state index contributed by atoms with van der Waals surface area (Å²) >= 11 is 0. The lowest BCUT2D eigenvalue weighted by molar-refractivity contribution is -0.121. The predicted molar refractivity (Wildman–Crippen MR) is 104 cm³/mol. The number of hydrogen-bond donors (Lipinski definition) is 1. The number of rotatable bonds is 7. The van der Waals surface area contributed by atoms with Crippen molar-refractivity contribution >= 4 is 17.5 Å². The Morgan fingerprint density at radius 3 is 2.62 bits per heavy atom. The molecule has 144 valence electrons. The normalized spacial score (nSPS) is 16.1. The standard InChI is InChI=1S/C20H31N3O3/c1-6-14(7-2)12-21-19(24)11-16-13-26-18-9-8-15(20(25)22(3)4)10-17(18)23(16)5/h8-10,14,16H,6-7,11-13H2,1-5H3,(H,21,24). The molecule has 0 saturated heterocycles. The molecule has 1 atom stereocenters. The molecule has 6 nitrogen and oxygen atoms in total. The van der Waals surface area contributed by atoms with E-state index in [1.165, 1.54) is 0 Å². The number of benzene rings is 1. The first-order valence-electron chi connectivity index (χ1n) is 9.35. The maximum atomic E-state index is 12.3. The molecular formula is C20H31N3O3. The van der Waals surface area contributed by atoms with Gasteiger partial charge >= 0.3 is 0 Å². The summed E-state index contributed by atoms with van der Waals surface area (Å²) in [6.45, 7) is 5.48. The Balaban J connectivity index is 2.04. The van der Waals surface area contributed by atoms with E-state index in [1.807, 2.05) is 24.1 Å². The highest BCUT2D eigenvalue weighted by Gasteiger charge is 2.27. The second-order valence-electron chi connectivity index (χ2n) is 7.15. The highest BCUT2D eigenvalue weighted by atomic mass is 16.5. The van der Waals surface area contributed by atoms with Crippen LogP contribution in [0.4, 0.5) is 5.69 Å². The Morgan fingerprint density at radius 1 is 1.31 bits per heavy atom. The van der Waals surface area contributed by atoms with Crippen molar-refractivity contribution in [3.63, 3.8) is 0 Å². The van der Waals surface area contributed by atoms with Gasteiger partial charge in [-0.15, -0.1) is 0 Å². The predicted octanol–water partition coefficient (Wildman–Crippen LogP) is 2.53. The van der Waals surface area contributed by atoms with Crippen LogP contribution in [0.1, 0.15) is 43.5 Å². The molecule has 1 aromatic carbocycles. The maximum absolute atomic E-state index is 12.3. The van der Waals surface area contributed by atoms with E-state index in [-0.39, 0.29) is 17.9 Å². The molecule has 6 heteroatoms. The van der Waals surface area contributed by atoms with Crippen molar-refractivity contribution in [2.45, 2.75) is 39.2 Å². The van der Waals surface area contributed by atoms with Crippen molar-refractivity contribution in [1.29, 1.82) is 0 Å². The summed E-state index contributed by atoms with van der Waals surface area (Å²) in [6, 6.07) is 5.39. The average Bonchev–Trinajstić information content (AvgIpc) is 2.64. The monoisotopic (exact) mass is 361 g/mol. The second-order valence-corrected chi connectivity index (χ2v) is 7.15. The van der Waals surface area contributed by atoms with Crippen LogP contribution in [0, 0.1) is 5.92 Å². The van der Waals surface area contributed by atoms with E-state index in [4.69, 9.17) is 4.74 Å². The molecule has 1 aliphatic heterocycles. The average molecular weight is 361 g/mol. The van der Waals surface area contributed by atoms with Crippen molar-refractivity contribution in [1.82, 2.24) is 10.2 Å². The highest BCUT2D eigenvalue weighted by molar-refractivity contribution is 5.95. The first kappa shape index (κ1) is 20.1. The Morgan fingerprint density at radius 2 is 2.00 bits per heavy atom. The van der Waals surface area contributed by atoms with Crippen LogP contribution < -0.4 is 15.0 Å². The van der Waals surface area contributed by atoms with Crippen molar-refractivity contribution < 1.29 is 14.3 Å². The Kier molecular flexibility index (Phi) is 6.89. The van der Waals surface area contributed by atoms with E-state index in [1.54, 1.807) is 25.1 Å². The molecule has 1 aliphatic rings. The van der Waals surface area contributed by atoms with Gasteiger partial charge in [-0.2, -0.15) is 0 Å². The first-order valence-corrected chi connectivity index (χ1v) is 9.35. The topological polar surface area (TPSA) is 61.9 Å². The fraction of sp³-hybridized carbons (Fsp3) is 0.600. The molecule has 0 radical (unpaired) electrons. The molecule has 0 saturated carbocycles. The Hall–Kier alpha value is -2.24. The van der Waals surface area contributed by atoms with Crippen molar-refractivity contribution in [2.75, 3.05) is 39.2 Å². The van der Waals surface area contributed by atoms with Crippen LogP contribution in [-0.4, -0.2) is 57.1 Å². The number of likely N-dealkylation sites (N-methyl/N-ethyl adjacent to an activating group) is 1. The summed E-state index contributed by atoms with van der Waals surface area (Å²) in [5.41, 5.74) is 1.46. The number of anilines is 1. The van der Waals surface area contributed by atoms with Gasteiger partial charge in [0.25, 0.3) is 5.91 Å².